The van der Waals surface area contributed by atoms with Crippen molar-refractivity contribution >= 4 is 34.7 Å². The number of nitrogens with zero attached hydrogens (tertiary/aromatic N) is 1. The highest BCUT2D eigenvalue weighted by Gasteiger charge is 2.14. The maximum atomic E-state index is 12.2. The van der Waals surface area contributed by atoms with E-state index in [1.165, 1.54) is 6.21 Å². The summed E-state index contributed by atoms with van der Waals surface area (Å²) >= 11 is 2.25. The van der Waals surface area contributed by atoms with E-state index in [4.69, 9.17) is 13.9 Å². The molecule has 136 valence electrons. The fourth-order valence-electron chi connectivity index (χ4n) is 2.60. The molecule has 0 unspecified atom stereocenters. The van der Waals surface area contributed by atoms with Crippen LogP contribution in [-0.2, 0) is 0 Å². The van der Waals surface area contributed by atoms with Crippen molar-refractivity contribution in [1.29, 1.82) is 0 Å². The van der Waals surface area contributed by atoms with Gasteiger partial charge in [0, 0.05) is 14.7 Å². The Morgan fingerprint density at radius 3 is 2.59 bits per heavy atom. The normalized spacial score (nSPS) is 12.9. The molecular formula is C20H15IN2O4. The van der Waals surface area contributed by atoms with Gasteiger partial charge >= 0.3 is 0 Å². The molecule has 0 atom stereocenters. The number of hydrazone groups is 1. The molecule has 4 rings (SSSR count). The number of benzene rings is 2. The van der Waals surface area contributed by atoms with Crippen molar-refractivity contribution in [1.82, 2.24) is 5.43 Å². The van der Waals surface area contributed by atoms with Gasteiger partial charge in [0.1, 0.15) is 24.7 Å². The molecule has 1 amide bonds. The molecule has 2 heterocycles. The standard InChI is InChI=1S/C20H15IN2O4/c21-15-4-1-13(2-5-15)17-8-6-16(27-17)12-22-23-20(24)14-3-7-18-19(11-14)26-10-9-25-18/h1-8,11-12H,9-10H2,(H,23,24)/b22-12-. The van der Waals surface area contributed by atoms with E-state index < -0.39 is 0 Å². The molecule has 0 spiro atoms. The summed E-state index contributed by atoms with van der Waals surface area (Å²) in [6.07, 6.45) is 1.46. The van der Waals surface area contributed by atoms with Crippen LogP contribution in [0.5, 0.6) is 11.5 Å². The molecule has 0 aliphatic carbocycles. The molecule has 0 bridgehead atoms. The fraction of sp³-hybridized carbons (Fsp3) is 0.100. The topological polar surface area (TPSA) is 73.1 Å². The number of amides is 1. The predicted octanol–water partition coefficient (Wildman–Crippen LogP) is 4.09. The van der Waals surface area contributed by atoms with Crippen molar-refractivity contribution < 1.29 is 18.7 Å². The number of carbonyl (C=O) groups is 1. The number of furan rings is 1. The van der Waals surface area contributed by atoms with Crippen LogP contribution in [0.2, 0.25) is 0 Å². The van der Waals surface area contributed by atoms with Crippen LogP contribution in [0.3, 0.4) is 0 Å². The second kappa shape index (κ2) is 7.83. The Bertz CT molecular complexity index is 995. The van der Waals surface area contributed by atoms with E-state index in [0.717, 1.165) is 14.9 Å². The summed E-state index contributed by atoms with van der Waals surface area (Å²) in [7, 11) is 0. The summed E-state index contributed by atoms with van der Waals surface area (Å²) < 4.78 is 17.8. The zero-order chi connectivity index (χ0) is 18.6. The highest BCUT2D eigenvalue weighted by Crippen LogP contribution is 2.30. The first kappa shape index (κ1) is 17.6. The maximum Gasteiger partial charge on any atom is 0.271 e. The molecule has 6 nitrogen and oxygen atoms in total. The minimum atomic E-state index is -0.340. The molecule has 1 aromatic heterocycles. The minimum absolute atomic E-state index is 0.340. The summed E-state index contributed by atoms with van der Waals surface area (Å²) in [4.78, 5) is 12.2. The molecule has 1 N–H and O–H groups in total. The van der Waals surface area contributed by atoms with Crippen LogP contribution in [0, 0.1) is 3.57 Å². The molecule has 27 heavy (non-hydrogen) atoms. The first-order chi connectivity index (χ1) is 13.2. The summed E-state index contributed by atoms with van der Waals surface area (Å²) in [6, 6.07) is 16.7. The van der Waals surface area contributed by atoms with Crippen LogP contribution in [0.15, 0.2) is 64.1 Å². The third-order valence-corrected chi connectivity index (χ3v) is 4.64. The average Bonchev–Trinajstić information content (AvgIpc) is 3.17. The van der Waals surface area contributed by atoms with Gasteiger partial charge in [-0.2, -0.15) is 5.10 Å². The van der Waals surface area contributed by atoms with Crippen LogP contribution in [-0.4, -0.2) is 25.3 Å². The van der Waals surface area contributed by atoms with Gasteiger partial charge < -0.3 is 13.9 Å². The monoisotopic (exact) mass is 474 g/mol. The molecule has 0 radical (unpaired) electrons. The van der Waals surface area contributed by atoms with Crippen molar-refractivity contribution in [2.75, 3.05) is 13.2 Å². The van der Waals surface area contributed by atoms with Crippen molar-refractivity contribution in [3.05, 3.63) is 69.5 Å². The lowest BCUT2D eigenvalue weighted by Gasteiger charge is -2.18. The average molecular weight is 474 g/mol. The van der Waals surface area contributed by atoms with Crippen molar-refractivity contribution in [2.24, 2.45) is 5.10 Å². The number of hydrogen-bond donors (Lipinski definition) is 1. The van der Waals surface area contributed by atoms with Gasteiger partial charge in [-0.05, 0) is 65.1 Å². The molecule has 0 saturated carbocycles. The molecule has 0 fully saturated rings. The number of fused-ring (bicyclic) bond motifs is 1. The van der Waals surface area contributed by atoms with Gasteiger partial charge in [0.25, 0.3) is 5.91 Å². The third kappa shape index (κ3) is 4.13. The lowest BCUT2D eigenvalue weighted by atomic mass is 10.2. The van der Waals surface area contributed by atoms with Gasteiger partial charge in [-0.1, -0.05) is 12.1 Å². The first-order valence-electron chi connectivity index (χ1n) is 8.28. The van der Waals surface area contributed by atoms with Crippen LogP contribution < -0.4 is 14.9 Å². The van der Waals surface area contributed by atoms with Gasteiger partial charge in [0.05, 0.1) is 6.21 Å². The summed E-state index contributed by atoms with van der Waals surface area (Å²) in [6.45, 7) is 0.980. The molecule has 3 aromatic rings. The number of carbonyl (C=O) groups excluding carboxylic acids is 1. The van der Waals surface area contributed by atoms with E-state index >= 15 is 0 Å². The highest BCUT2D eigenvalue weighted by molar-refractivity contribution is 14.1. The van der Waals surface area contributed by atoms with Crippen molar-refractivity contribution in [3.63, 3.8) is 0 Å². The molecule has 1 aliphatic rings. The molecule has 2 aromatic carbocycles. The van der Waals surface area contributed by atoms with Crippen molar-refractivity contribution in [3.8, 4) is 22.8 Å². The van der Waals surface area contributed by atoms with Crippen LogP contribution in [0.25, 0.3) is 11.3 Å². The lowest BCUT2D eigenvalue weighted by Crippen LogP contribution is -2.19. The number of nitrogens with one attached hydrogen (secondary N) is 1. The lowest BCUT2D eigenvalue weighted by molar-refractivity contribution is 0.0954. The Kier molecular flexibility index (Phi) is 5.10. The third-order valence-electron chi connectivity index (χ3n) is 3.92. The molecule has 1 aliphatic heterocycles. The van der Waals surface area contributed by atoms with Gasteiger partial charge in [-0.25, -0.2) is 5.43 Å². The zero-order valence-corrected chi connectivity index (χ0v) is 16.3. The molecule has 7 heteroatoms. The van der Waals surface area contributed by atoms with Gasteiger partial charge in [-0.3, -0.25) is 4.79 Å². The van der Waals surface area contributed by atoms with E-state index in [-0.39, 0.29) is 5.91 Å². The van der Waals surface area contributed by atoms with E-state index in [1.807, 2.05) is 30.3 Å². The quantitative estimate of drug-likeness (QED) is 0.352. The number of rotatable bonds is 4. The Labute approximate surface area is 169 Å². The van der Waals surface area contributed by atoms with Gasteiger partial charge in [0.2, 0.25) is 0 Å². The first-order valence-corrected chi connectivity index (χ1v) is 9.36. The van der Waals surface area contributed by atoms with Gasteiger partial charge in [0.15, 0.2) is 11.5 Å². The minimum Gasteiger partial charge on any atom is -0.486 e. The van der Waals surface area contributed by atoms with Crippen molar-refractivity contribution in [2.45, 2.75) is 0 Å². The summed E-state index contributed by atoms with van der Waals surface area (Å²) in [5, 5.41) is 3.96. The Hall–Kier alpha value is -2.81. The summed E-state index contributed by atoms with van der Waals surface area (Å²) in [5.74, 6) is 2.15. The Morgan fingerprint density at radius 2 is 1.78 bits per heavy atom. The largest absolute Gasteiger partial charge is 0.486 e. The van der Waals surface area contributed by atoms with E-state index in [9.17, 15) is 4.79 Å². The molecule has 0 saturated heterocycles. The van der Waals surface area contributed by atoms with E-state index in [2.05, 4.69) is 33.1 Å². The van der Waals surface area contributed by atoms with E-state index in [0.29, 0.717) is 36.0 Å². The fourth-order valence-corrected chi connectivity index (χ4v) is 2.95. The SMILES string of the molecule is O=C(N/N=C\c1ccc(-c2ccc(I)cc2)o1)c1ccc2c(c1)OCCO2. The second-order valence-electron chi connectivity index (χ2n) is 5.77. The highest BCUT2D eigenvalue weighted by atomic mass is 127. The Balaban J connectivity index is 1.40. The number of halogens is 1. The van der Waals surface area contributed by atoms with Crippen LogP contribution in [0.4, 0.5) is 0 Å². The number of ether oxygens (including phenoxy) is 2. The van der Waals surface area contributed by atoms with E-state index in [1.54, 1.807) is 24.3 Å². The smallest absolute Gasteiger partial charge is 0.271 e. The Morgan fingerprint density at radius 1 is 1.00 bits per heavy atom. The van der Waals surface area contributed by atoms with Crippen LogP contribution in [0.1, 0.15) is 16.1 Å². The predicted molar refractivity (Wildman–Crippen MR) is 109 cm³/mol. The summed E-state index contributed by atoms with van der Waals surface area (Å²) in [5.41, 5.74) is 3.91. The number of hydrogen-bond acceptors (Lipinski definition) is 5. The maximum absolute atomic E-state index is 12.2. The van der Waals surface area contributed by atoms with Crippen LogP contribution >= 0.6 is 22.6 Å². The van der Waals surface area contributed by atoms with Gasteiger partial charge in [-0.15, -0.1) is 0 Å². The second-order valence-corrected chi connectivity index (χ2v) is 7.01. The molecular weight excluding hydrogens is 459 g/mol. The zero-order valence-electron chi connectivity index (χ0n) is 14.1.